The van der Waals surface area contributed by atoms with Crippen LogP contribution in [0, 0.1) is 0 Å². The second-order valence-corrected chi connectivity index (χ2v) is 5.07. The quantitative estimate of drug-likeness (QED) is 0.417. The molecule has 0 unspecified atom stereocenters. The number of aryl methyl sites for hydroxylation is 2. The Kier molecular flexibility index (Phi) is 8.55. The van der Waals surface area contributed by atoms with Crippen molar-refractivity contribution >= 4 is 5.96 Å². The van der Waals surface area contributed by atoms with Gasteiger partial charge in [-0.25, -0.2) is 4.99 Å². The third-order valence-corrected chi connectivity index (χ3v) is 3.42. The molecule has 0 aromatic carbocycles. The van der Waals surface area contributed by atoms with E-state index in [2.05, 4.69) is 48.5 Å². The highest BCUT2D eigenvalue weighted by Crippen LogP contribution is 2.16. The van der Waals surface area contributed by atoms with Gasteiger partial charge in [-0.15, -0.1) is 0 Å². The summed E-state index contributed by atoms with van der Waals surface area (Å²) in [4.78, 5) is 4.67. The van der Waals surface area contributed by atoms with E-state index >= 15 is 0 Å². The molecule has 21 heavy (non-hydrogen) atoms. The van der Waals surface area contributed by atoms with Crippen molar-refractivity contribution in [3.05, 3.63) is 17.0 Å². The van der Waals surface area contributed by atoms with Gasteiger partial charge in [-0.05, 0) is 19.8 Å². The maximum atomic E-state index is 5.38. The van der Waals surface area contributed by atoms with E-state index in [1.165, 1.54) is 19.3 Å². The van der Waals surface area contributed by atoms with Gasteiger partial charge in [0.05, 0.1) is 12.2 Å². The lowest BCUT2D eigenvalue weighted by Gasteiger charge is -2.11. The molecule has 0 aliphatic heterocycles. The maximum Gasteiger partial charge on any atom is 0.191 e. The number of guanidine groups is 1. The molecule has 0 saturated heterocycles. The van der Waals surface area contributed by atoms with Crippen molar-refractivity contribution in [1.29, 1.82) is 0 Å². The number of rotatable bonds is 9. The van der Waals surface area contributed by atoms with Crippen LogP contribution in [0.15, 0.2) is 9.52 Å². The lowest BCUT2D eigenvalue weighted by Crippen LogP contribution is -2.37. The first-order chi connectivity index (χ1) is 10.3. The van der Waals surface area contributed by atoms with Gasteiger partial charge in [-0.3, -0.25) is 0 Å². The average Bonchev–Trinajstić information content (AvgIpc) is 2.91. The standard InChI is InChI=1S/C16H30N4O/c1-5-9-10-11-18-16(17-8-4)19-12-13-14(6-2)20-21-15(13)7-3/h5-12H2,1-4H3,(H2,17,18,19). The van der Waals surface area contributed by atoms with Crippen molar-refractivity contribution in [3.63, 3.8) is 0 Å². The van der Waals surface area contributed by atoms with Gasteiger partial charge in [-0.2, -0.15) is 0 Å². The Balaban J connectivity index is 2.66. The number of hydrogen-bond acceptors (Lipinski definition) is 3. The minimum atomic E-state index is 0.624. The van der Waals surface area contributed by atoms with Gasteiger partial charge in [0.1, 0.15) is 5.76 Å². The van der Waals surface area contributed by atoms with Crippen LogP contribution in [0.5, 0.6) is 0 Å². The van der Waals surface area contributed by atoms with Crippen LogP contribution < -0.4 is 10.6 Å². The smallest absolute Gasteiger partial charge is 0.191 e. The summed E-state index contributed by atoms with van der Waals surface area (Å²) in [7, 11) is 0. The van der Waals surface area contributed by atoms with Gasteiger partial charge in [-0.1, -0.05) is 38.8 Å². The Labute approximate surface area is 128 Å². The Morgan fingerprint density at radius 3 is 2.52 bits per heavy atom. The van der Waals surface area contributed by atoms with Gasteiger partial charge < -0.3 is 15.2 Å². The van der Waals surface area contributed by atoms with E-state index in [0.29, 0.717) is 6.54 Å². The van der Waals surface area contributed by atoms with E-state index in [4.69, 9.17) is 4.52 Å². The number of aliphatic imine (C=N–C) groups is 1. The lowest BCUT2D eigenvalue weighted by molar-refractivity contribution is 0.380. The Morgan fingerprint density at radius 1 is 1.10 bits per heavy atom. The largest absolute Gasteiger partial charge is 0.361 e. The van der Waals surface area contributed by atoms with Crippen LogP contribution in [-0.2, 0) is 19.4 Å². The highest BCUT2D eigenvalue weighted by Gasteiger charge is 2.12. The molecule has 2 N–H and O–H groups in total. The molecule has 0 bridgehead atoms. The molecule has 1 rings (SSSR count). The van der Waals surface area contributed by atoms with Crippen LogP contribution >= 0.6 is 0 Å². The zero-order valence-electron chi connectivity index (χ0n) is 14.0. The van der Waals surface area contributed by atoms with Gasteiger partial charge in [0.2, 0.25) is 0 Å². The van der Waals surface area contributed by atoms with Crippen LogP contribution in [-0.4, -0.2) is 24.2 Å². The second kappa shape index (κ2) is 10.2. The summed E-state index contributed by atoms with van der Waals surface area (Å²) in [6, 6.07) is 0. The van der Waals surface area contributed by atoms with Gasteiger partial charge in [0.15, 0.2) is 5.96 Å². The fraction of sp³-hybridized carbons (Fsp3) is 0.750. The van der Waals surface area contributed by atoms with Crippen molar-refractivity contribution in [2.24, 2.45) is 4.99 Å². The number of nitrogens with zero attached hydrogens (tertiary/aromatic N) is 2. The fourth-order valence-electron chi connectivity index (χ4n) is 2.20. The molecule has 5 heteroatoms. The van der Waals surface area contributed by atoms with E-state index in [1.54, 1.807) is 0 Å². The Morgan fingerprint density at radius 2 is 1.90 bits per heavy atom. The first-order valence-corrected chi connectivity index (χ1v) is 8.25. The van der Waals surface area contributed by atoms with Crippen molar-refractivity contribution in [2.75, 3.05) is 13.1 Å². The molecular formula is C16H30N4O. The molecule has 0 aliphatic carbocycles. The minimum absolute atomic E-state index is 0.624. The van der Waals surface area contributed by atoms with Gasteiger partial charge >= 0.3 is 0 Å². The molecule has 1 aromatic heterocycles. The normalized spacial score (nSPS) is 11.7. The maximum absolute atomic E-state index is 5.38. The summed E-state index contributed by atoms with van der Waals surface area (Å²) in [5, 5.41) is 10.8. The molecule has 0 amide bonds. The van der Waals surface area contributed by atoms with Crippen LogP contribution in [0.2, 0.25) is 0 Å². The fourth-order valence-corrected chi connectivity index (χ4v) is 2.20. The third-order valence-electron chi connectivity index (χ3n) is 3.42. The first-order valence-electron chi connectivity index (χ1n) is 8.25. The number of nitrogens with one attached hydrogen (secondary N) is 2. The molecule has 1 heterocycles. The summed E-state index contributed by atoms with van der Waals surface area (Å²) in [5.74, 6) is 1.83. The monoisotopic (exact) mass is 294 g/mol. The van der Waals surface area contributed by atoms with E-state index < -0.39 is 0 Å². The molecule has 0 spiro atoms. The second-order valence-electron chi connectivity index (χ2n) is 5.07. The molecule has 0 saturated carbocycles. The highest BCUT2D eigenvalue weighted by molar-refractivity contribution is 5.79. The highest BCUT2D eigenvalue weighted by atomic mass is 16.5. The lowest BCUT2D eigenvalue weighted by atomic mass is 10.1. The summed E-state index contributed by atoms with van der Waals surface area (Å²) in [6.45, 7) is 10.9. The number of aromatic nitrogens is 1. The Hall–Kier alpha value is -1.52. The van der Waals surface area contributed by atoms with E-state index in [0.717, 1.165) is 48.9 Å². The molecule has 5 nitrogen and oxygen atoms in total. The zero-order valence-corrected chi connectivity index (χ0v) is 14.0. The van der Waals surface area contributed by atoms with Crippen LogP contribution in [0.3, 0.4) is 0 Å². The summed E-state index contributed by atoms with van der Waals surface area (Å²) in [6.07, 6.45) is 5.40. The molecule has 0 atom stereocenters. The van der Waals surface area contributed by atoms with E-state index in [-0.39, 0.29) is 0 Å². The minimum Gasteiger partial charge on any atom is -0.361 e. The average molecular weight is 294 g/mol. The molecule has 0 fully saturated rings. The van der Waals surface area contributed by atoms with E-state index in [1.807, 2.05) is 0 Å². The number of hydrogen-bond donors (Lipinski definition) is 2. The first kappa shape index (κ1) is 17.5. The molecular weight excluding hydrogens is 264 g/mol. The number of unbranched alkanes of at least 4 members (excludes halogenated alkanes) is 2. The summed E-state index contributed by atoms with van der Waals surface area (Å²) < 4.78 is 5.38. The van der Waals surface area contributed by atoms with Gasteiger partial charge in [0, 0.05) is 25.1 Å². The predicted molar refractivity (Wildman–Crippen MR) is 87.6 cm³/mol. The SMILES string of the molecule is CCCCCNC(=NCc1c(CC)noc1CC)NCC. The molecule has 120 valence electrons. The van der Waals surface area contributed by atoms with Crippen LogP contribution in [0.4, 0.5) is 0 Å². The van der Waals surface area contributed by atoms with Crippen LogP contribution in [0.1, 0.15) is 64.0 Å². The van der Waals surface area contributed by atoms with Crippen molar-refractivity contribution in [1.82, 2.24) is 15.8 Å². The zero-order chi connectivity index (χ0) is 15.5. The predicted octanol–water partition coefficient (Wildman–Crippen LogP) is 3.04. The van der Waals surface area contributed by atoms with Crippen molar-refractivity contribution in [2.45, 2.75) is 66.3 Å². The Bertz CT molecular complexity index is 404. The van der Waals surface area contributed by atoms with Gasteiger partial charge in [0.25, 0.3) is 0 Å². The summed E-state index contributed by atoms with van der Waals surface area (Å²) >= 11 is 0. The topological polar surface area (TPSA) is 62.5 Å². The third kappa shape index (κ3) is 5.78. The van der Waals surface area contributed by atoms with Crippen LogP contribution in [0.25, 0.3) is 0 Å². The molecule has 1 aromatic rings. The molecule has 0 radical (unpaired) electrons. The van der Waals surface area contributed by atoms with E-state index in [9.17, 15) is 0 Å². The van der Waals surface area contributed by atoms with Crippen molar-refractivity contribution in [3.8, 4) is 0 Å². The van der Waals surface area contributed by atoms with Crippen molar-refractivity contribution < 1.29 is 4.52 Å². The summed E-state index contributed by atoms with van der Waals surface area (Å²) in [5.41, 5.74) is 2.17. The molecule has 0 aliphatic rings.